The fraction of sp³-hybridized carbons (Fsp3) is 0.899. The highest BCUT2D eigenvalue weighted by molar-refractivity contribution is 7.47. The van der Waals surface area contributed by atoms with Gasteiger partial charge in [-0.05, 0) is 77.0 Å². The molecule has 0 spiro atoms. The Bertz CT molecular complexity index is 1950. The van der Waals surface area contributed by atoms with Crippen LogP contribution >= 0.6 is 15.6 Å². The van der Waals surface area contributed by atoms with Gasteiger partial charge in [-0.15, -0.1) is 0 Å². The Hall–Kier alpha value is -2.46. The van der Waals surface area contributed by atoms with Gasteiger partial charge >= 0.3 is 39.5 Å². The highest BCUT2D eigenvalue weighted by Crippen LogP contribution is 2.45. The molecule has 3 N–H and O–H groups in total. The summed E-state index contributed by atoms with van der Waals surface area (Å²) in [7, 11) is -9.93. The van der Waals surface area contributed by atoms with Crippen molar-refractivity contribution >= 4 is 39.5 Å². The normalized spacial score (nSPS) is 14.0. The molecule has 0 radical (unpaired) electrons. The van der Waals surface area contributed by atoms with E-state index in [-0.39, 0.29) is 25.7 Å². The van der Waals surface area contributed by atoms with Gasteiger partial charge < -0.3 is 33.8 Å². The van der Waals surface area contributed by atoms with E-state index in [1.807, 2.05) is 0 Å². The number of hydrogen-bond acceptors (Lipinski definition) is 15. The molecule has 0 aliphatic heterocycles. The minimum atomic E-state index is -4.96. The van der Waals surface area contributed by atoms with Crippen molar-refractivity contribution < 1.29 is 80.2 Å². The highest BCUT2D eigenvalue weighted by Gasteiger charge is 2.30. The molecule has 2 unspecified atom stereocenters. The SMILES string of the molecule is CCCCCC/C=C\CCCCCCCCCC(=O)O[C@H](COC(=O)CCCCCCCCCCCCCCCCC)COP(=O)(O)OC[C@@H](O)COP(=O)(O)OC[C@@H](COC(=O)CCCCCCCCCCCCCCC)OC(=O)CCCCCCC/C=C\CCCCCCCC. The fourth-order valence-corrected chi connectivity index (χ4v) is 13.3. The maximum Gasteiger partial charge on any atom is 0.472 e. The van der Waals surface area contributed by atoms with Crippen molar-refractivity contribution in [3.63, 3.8) is 0 Å². The van der Waals surface area contributed by atoms with E-state index in [2.05, 4.69) is 52.0 Å². The third kappa shape index (κ3) is 71.9. The first-order valence-electron chi connectivity index (χ1n) is 40.6. The second-order valence-corrected chi connectivity index (χ2v) is 30.6. The average molecular weight is 1430 g/mol. The van der Waals surface area contributed by atoms with Crippen LogP contribution in [-0.2, 0) is 65.4 Å². The van der Waals surface area contributed by atoms with E-state index in [0.717, 1.165) is 128 Å². The molecule has 0 amide bonds. The summed E-state index contributed by atoms with van der Waals surface area (Å²) in [5.74, 6) is -2.14. The second-order valence-electron chi connectivity index (χ2n) is 27.7. The summed E-state index contributed by atoms with van der Waals surface area (Å²) in [6, 6.07) is 0. The third-order valence-electron chi connectivity index (χ3n) is 17.9. The van der Waals surface area contributed by atoms with Gasteiger partial charge in [0.05, 0.1) is 26.4 Å². The third-order valence-corrected chi connectivity index (χ3v) is 19.8. The smallest absolute Gasteiger partial charge is 0.462 e. The van der Waals surface area contributed by atoms with Crippen molar-refractivity contribution in [2.24, 2.45) is 0 Å². The van der Waals surface area contributed by atoms with E-state index < -0.39 is 97.5 Å². The summed E-state index contributed by atoms with van der Waals surface area (Å²) in [6.07, 6.45) is 67.2. The van der Waals surface area contributed by atoms with Gasteiger partial charge in [0, 0.05) is 25.7 Å². The quantitative estimate of drug-likeness (QED) is 0.0169. The molecule has 98 heavy (non-hydrogen) atoms. The van der Waals surface area contributed by atoms with Crippen LogP contribution in [-0.4, -0.2) is 96.7 Å². The number of aliphatic hydroxyl groups is 1. The zero-order valence-corrected chi connectivity index (χ0v) is 65.0. The number of carbonyl (C=O) groups excluding carboxylic acids is 4. The van der Waals surface area contributed by atoms with Crippen LogP contribution in [0.25, 0.3) is 0 Å². The predicted octanol–water partition coefficient (Wildman–Crippen LogP) is 23.3. The molecule has 0 saturated heterocycles. The van der Waals surface area contributed by atoms with Crippen LogP contribution in [0.2, 0.25) is 0 Å². The van der Waals surface area contributed by atoms with Gasteiger partial charge in [-0.25, -0.2) is 9.13 Å². The fourth-order valence-electron chi connectivity index (χ4n) is 11.7. The van der Waals surface area contributed by atoms with Crippen LogP contribution < -0.4 is 0 Å². The predicted molar refractivity (Wildman–Crippen MR) is 400 cm³/mol. The molecule has 0 aromatic carbocycles. The summed E-state index contributed by atoms with van der Waals surface area (Å²) >= 11 is 0. The lowest BCUT2D eigenvalue weighted by atomic mass is 10.0. The van der Waals surface area contributed by atoms with Gasteiger partial charge in [0.25, 0.3) is 0 Å². The van der Waals surface area contributed by atoms with E-state index in [1.54, 1.807) is 0 Å². The lowest BCUT2D eigenvalue weighted by Crippen LogP contribution is -2.30. The minimum absolute atomic E-state index is 0.0939. The first-order valence-corrected chi connectivity index (χ1v) is 43.6. The Labute approximate surface area is 599 Å². The number of phosphoric acid groups is 2. The van der Waals surface area contributed by atoms with Crippen LogP contribution in [0.15, 0.2) is 24.3 Å². The number of hydrogen-bond donors (Lipinski definition) is 3. The number of phosphoric ester groups is 2. The number of allylic oxidation sites excluding steroid dienone is 4. The summed E-state index contributed by atoms with van der Waals surface area (Å²) in [5, 5.41) is 10.6. The van der Waals surface area contributed by atoms with Crippen molar-refractivity contribution in [1.82, 2.24) is 0 Å². The van der Waals surface area contributed by atoms with Crippen molar-refractivity contribution in [2.75, 3.05) is 39.6 Å². The summed E-state index contributed by atoms with van der Waals surface area (Å²) in [6.45, 7) is 4.96. The Kier molecular flexibility index (Phi) is 71.0. The molecule has 0 rings (SSSR count). The van der Waals surface area contributed by atoms with Gasteiger partial charge in [0.1, 0.15) is 19.3 Å². The molecule has 5 atom stereocenters. The van der Waals surface area contributed by atoms with Gasteiger partial charge in [-0.3, -0.25) is 37.3 Å². The van der Waals surface area contributed by atoms with E-state index >= 15 is 0 Å². The van der Waals surface area contributed by atoms with E-state index in [4.69, 9.17) is 37.0 Å². The van der Waals surface area contributed by atoms with Crippen LogP contribution in [0.1, 0.15) is 400 Å². The van der Waals surface area contributed by atoms with Crippen molar-refractivity contribution in [3.8, 4) is 0 Å². The van der Waals surface area contributed by atoms with Gasteiger partial charge in [0.15, 0.2) is 12.2 Å². The molecule has 0 aliphatic carbocycles. The van der Waals surface area contributed by atoms with Gasteiger partial charge in [0.2, 0.25) is 0 Å². The zero-order valence-electron chi connectivity index (χ0n) is 63.2. The Balaban J connectivity index is 5.30. The molecular weight excluding hydrogens is 1280 g/mol. The van der Waals surface area contributed by atoms with Crippen LogP contribution in [0.4, 0.5) is 0 Å². The minimum Gasteiger partial charge on any atom is -0.462 e. The molecule has 0 heterocycles. The first-order chi connectivity index (χ1) is 47.7. The summed E-state index contributed by atoms with van der Waals surface area (Å²) < 4.78 is 68.6. The maximum atomic E-state index is 13.1. The standard InChI is InChI=1S/C79H150O17P2/c1-5-9-13-17-21-25-29-33-36-40-44-48-52-56-60-64-77(82)90-70-75(96-79(84)66-62-58-54-50-46-42-38-35-31-27-23-19-15-11-7-3)72-94-98(87,88)92-68-73(80)67-91-97(85,86)93-71-74(69-89-76(81)63-59-55-51-47-43-39-32-28-24-20-16-12-8-4)95-78(83)65-61-57-53-49-45-41-37-34-30-26-22-18-14-10-6-2/h27,31,34,37,73-75,80H,5-26,28-30,32-33,35-36,38-72H2,1-4H3,(H,85,86)(H,87,88)/b31-27-,37-34-/t73-,74+,75+/m0/s1. The molecule has 17 nitrogen and oxygen atoms in total. The number of ether oxygens (including phenoxy) is 4. The topological polar surface area (TPSA) is 237 Å². The summed E-state index contributed by atoms with van der Waals surface area (Å²) in [5.41, 5.74) is 0. The Morgan fingerprint density at radius 1 is 0.276 bits per heavy atom. The van der Waals surface area contributed by atoms with Crippen LogP contribution in [0, 0.1) is 0 Å². The van der Waals surface area contributed by atoms with E-state index in [1.165, 1.54) is 193 Å². The molecule has 0 saturated carbocycles. The van der Waals surface area contributed by atoms with Crippen molar-refractivity contribution in [1.29, 1.82) is 0 Å². The lowest BCUT2D eigenvalue weighted by molar-refractivity contribution is -0.161. The van der Waals surface area contributed by atoms with Crippen LogP contribution in [0.5, 0.6) is 0 Å². The molecule has 19 heteroatoms. The molecular formula is C79H150O17P2. The Morgan fingerprint density at radius 3 is 0.714 bits per heavy atom. The molecule has 0 aliphatic rings. The second kappa shape index (κ2) is 72.9. The van der Waals surface area contributed by atoms with E-state index in [0.29, 0.717) is 25.7 Å². The number of aliphatic hydroxyl groups excluding tert-OH is 1. The molecule has 0 aromatic rings. The molecule has 0 fully saturated rings. The zero-order chi connectivity index (χ0) is 71.8. The van der Waals surface area contributed by atoms with E-state index in [9.17, 15) is 43.2 Å². The number of esters is 4. The molecule has 578 valence electrons. The maximum absolute atomic E-state index is 13.1. The highest BCUT2D eigenvalue weighted by atomic mass is 31.2. The van der Waals surface area contributed by atoms with Gasteiger partial charge in [-0.2, -0.15) is 0 Å². The number of carbonyl (C=O) groups is 4. The number of rotatable bonds is 78. The molecule has 0 aromatic heterocycles. The van der Waals surface area contributed by atoms with Crippen molar-refractivity contribution in [3.05, 3.63) is 24.3 Å². The van der Waals surface area contributed by atoms with Gasteiger partial charge in [-0.1, -0.05) is 322 Å². The average Bonchev–Trinajstić information content (AvgIpc) is 1.04. The lowest BCUT2D eigenvalue weighted by Gasteiger charge is -2.21. The van der Waals surface area contributed by atoms with Crippen molar-refractivity contribution in [2.45, 2.75) is 418 Å². The largest absolute Gasteiger partial charge is 0.472 e. The van der Waals surface area contributed by atoms with Crippen LogP contribution in [0.3, 0.4) is 0 Å². The summed E-state index contributed by atoms with van der Waals surface area (Å²) in [4.78, 5) is 73.0. The molecule has 0 bridgehead atoms. The monoisotopic (exact) mass is 1430 g/mol. The first kappa shape index (κ1) is 95.5. The number of unbranched alkanes of at least 4 members (excludes halogenated alkanes) is 48. The Morgan fingerprint density at radius 2 is 0.469 bits per heavy atom.